The number of nitriles is 1. The zero-order valence-corrected chi connectivity index (χ0v) is 13.4. The Labute approximate surface area is 133 Å². The molecule has 0 radical (unpaired) electrons. The fourth-order valence-electron chi connectivity index (χ4n) is 1.59. The lowest BCUT2D eigenvalue weighted by Gasteiger charge is -2.09. The van der Waals surface area contributed by atoms with Crippen LogP contribution in [-0.4, -0.2) is 42.7 Å². The first-order chi connectivity index (χ1) is 10.4. The van der Waals surface area contributed by atoms with E-state index in [9.17, 15) is 13.0 Å². The number of nitrogens with zero attached hydrogens (tertiary/aromatic N) is 2. The lowest BCUT2D eigenvalue weighted by Crippen LogP contribution is -2.19. The van der Waals surface area contributed by atoms with Gasteiger partial charge in [-0.2, -0.15) is 13.7 Å². The van der Waals surface area contributed by atoms with E-state index in [-0.39, 0.29) is 23.7 Å². The number of nitrogens with one attached hydrogen (secondary N) is 2. The van der Waals surface area contributed by atoms with Gasteiger partial charge in [0.2, 0.25) is 0 Å². The van der Waals surface area contributed by atoms with Crippen molar-refractivity contribution in [2.24, 2.45) is 4.99 Å². The highest BCUT2D eigenvalue weighted by atomic mass is 32.2. The molecule has 10 heteroatoms. The zero-order valence-electron chi connectivity index (χ0n) is 11.8. The molecular formula is C12H16N4O4S2. The van der Waals surface area contributed by atoms with Crippen LogP contribution in [0.15, 0.2) is 28.1 Å². The molecule has 120 valence electrons. The second kappa shape index (κ2) is 8.72. The van der Waals surface area contributed by atoms with Crippen molar-refractivity contribution in [2.45, 2.75) is 11.4 Å². The molecule has 0 aromatic heterocycles. The van der Waals surface area contributed by atoms with Gasteiger partial charge in [0.05, 0.1) is 12.3 Å². The van der Waals surface area contributed by atoms with Gasteiger partial charge in [-0.25, -0.2) is 4.99 Å². The Hall–Kier alpha value is -1.64. The fourth-order valence-corrected chi connectivity index (χ4v) is 2.68. The van der Waals surface area contributed by atoms with E-state index in [0.717, 1.165) is 0 Å². The average Bonchev–Trinajstić information content (AvgIpc) is 2.47. The Balaban J connectivity index is 3.18. The summed E-state index contributed by atoms with van der Waals surface area (Å²) < 4.78 is 32.3. The van der Waals surface area contributed by atoms with E-state index in [1.165, 1.54) is 23.9 Å². The summed E-state index contributed by atoms with van der Waals surface area (Å²) in [7, 11) is -4.41. The number of aliphatic hydroxyl groups excluding tert-OH is 1. The van der Waals surface area contributed by atoms with Crippen LogP contribution < -0.4 is 10.6 Å². The number of benzene rings is 1. The van der Waals surface area contributed by atoms with Crippen LogP contribution in [-0.2, 0) is 16.7 Å². The number of hydrogen-bond acceptors (Lipinski definition) is 7. The van der Waals surface area contributed by atoms with Gasteiger partial charge in [0.1, 0.15) is 4.90 Å². The maximum Gasteiger partial charge on any atom is 0.294 e. The second-order valence-electron chi connectivity index (χ2n) is 4.03. The van der Waals surface area contributed by atoms with Gasteiger partial charge in [-0.1, -0.05) is 17.8 Å². The van der Waals surface area contributed by atoms with Gasteiger partial charge in [-0.3, -0.25) is 9.87 Å². The van der Waals surface area contributed by atoms with Crippen molar-refractivity contribution in [3.8, 4) is 6.19 Å². The minimum Gasteiger partial charge on any atom is -0.395 e. The highest BCUT2D eigenvalue weighted by Crippen LogP contribution is 2.23. The lowest BCUT2D eigenvalue weighted by atomic mass is 10.2. The van der Waals surface area contributed by atoms with Crippen molar-refractivity contribution in [1.82, 2.24) is 10.6 Å². The van der Waals surface area contributed by atoms with Crippen LogP contribution in [0, 0.1) is 11.5 Å². The SMILES string of the molecule is CSC(=Nc1ccc(CNCCO)c(S(=O)(=O)O)c1)NC#N. The van der Waals surface area contributed by atoms with Crippen LogP contribution in [0.25, 0.3) is 0 Å². The summed E-state index contributed by atoms with van der Waals surface area (Å²) in [5.74, 6) is 0. The zero-order chi connectivity index (χ0) is 16.6. The molecule has 1 aromatic rings. The molecule has 0 saturated carbocycles. The van der Waals surface area contributed by atoms with Crippen LogP contribution in [0.1, 0.15) is 5.56 Å². The third-order valence-corrected chi connectivity index (χ3v) is 4.04. The smallest absolute Gasteiger partial charge is 0.294 e. The summed E-state index contributed by atoms with van der Waals surface area (Å²) in [6.45, 7) is 0.388. The van der Waals surface area contributed by atoms with Gasteiger partial charge >= 0.3 is 0 Å². The van der Waals surface area contributed by atoms with Crippen molar-refractivity contribution in [2.75, 3.05) is 19.4 Å². The minimum atomic E-state index is -4.41. The largest absolute Gasteiger partial charge is 0.395 e. The molecule has 0 aliphatic heterocycles. The molecule has 0 aliphatic rings. The van der Waals surface area contributed by atoms with E-state index in [2.05, 4.69) is 15.6 Å². The molecule has 0 saturated heterocycles. The van der Waals surface area contributed by atoms with Crippen LogP contribution >= 0.6 is 11.8 Å². The Morgan fingerprint density at radius 1 is 1.50 bits per heavy atom. The van der Waals surface area contributed by atoms with Crippen molar-refractivity contribution >= 4 is 32.7 Å². The number of aliphatic hydroxyl groups is 1. The summed E-state index contributed by atoms with van der Waals surface area (Å²) in [4.78, 5) is 3.82. The lowest BCUT2D eigenvalue weighted by molar-refractivity contribution is 0.292. The first-order valence-electron chi connectivity index (χ1n) is 6.12. The summed E-state index contributed by atoms with van der Waals surface area (Å²) >= 11 is 1.19. The topological polar surface area (TPSA) is 135 Å². The Morgan fingerprint density at radius 3 is 2.77 bits per heavy atom. The highest BCUT2D eigenvalue weighted by molar-refractivity contribution is 8.13. The van der Waals surface area contributed by atoms with Crippen LogP contribution in [0.4, 0.5) is 5.69 Å². The van der Waals surface area contributed by atoms with E-state index in [4.69, 9.17) is 10.4 Å². The molecule has 0 bridgehead atoms. The van der Waals surface area contributed by atoms with Gasteiger partial charge in [-0.15, -0.1) is 0 Å². The molecule has 1 rings (SSSR count). The first-order valence-corrected chi connectivity index (χ1v) is 8.78. The van der Waals surface area contributed by atoms with Gasteiger partial charge in [0.25, 0.3) is 10.1 Å². The van der Waals surface area contributed by atoms with E-state index in [1.807, 2.05) is 0 Å². The number of rotatable bonds is 6. The summed E-state index contributed by atoms with van der Waals surface area (Å²) in [5, 5.41) is 22.8. The van der Waals surface area contributed by atoms with Gasteiger partial charge in [0.15, 0.2) is 11.4 Å². The van der Waals surface area contributed by atoms with Crippen LogP contribution in [0.5, 0.6) is 0 Å². The van der Waals surface area contributed by atoms with E-state index in [0.29, 0.717) is 17.3 Å². The summed E-state index contributed by atoms with van der Waals surface area (Å²) in [6.07, 6.45) is 3.43. The van der Waals surface area contributed by atoms with Crippen molar-refractivity contribution in [1.29, 1.82) is 5.26 Å². The first kappa shape index (κ1) is 18.4. The highest BCUT2D eigenvalue weighted by Gasteiger charge is 2.16. The number of hydrogen-bond donors (Lipinski definition) is 4. The van der Waals surface area contributed by atoms with Crippen molar-refractivity contribution < 1.29 is 18.1 Å². The molecule has 0 atom stereocenters. The standard InChI is InChI=1S/C12H16N4O4S2/c1-21-12(15-8-13)16-10-3-2-9(7-14-4-5-17)11(6-10)22(18,19)20/h2-3,6,14,17H,4-5,7H2,1H3,(H,15,16)(H,18,19,20). The monoisotopic (exact) mass is 344 g/mol. The maximum atomic E-state index is 11.5. The Morgan fingerprint density at radius 2 is 2.23 bits per heavy atom. The van der Waals surface area contributed by atoms with E-state index in [1.54, 1.807) is 18.5 Å². The molecule has 0 spiro atoms. The predicted molar refractivity (Wildman–Crippen MR) is 84.4 cm³/mol. The summed E-state index contributed by atoms with van der Waals surface area (Å²) in [5.41, 5.74) is 0.638. The third-order valence-electron chi connectivity index (χ3n) is 2.52. The molecule has 0 fully saturated rings. The second-order valence-corrected chi connectivity index (χ2v) is 6.21. The molecule has 0 aliphatic carbocycles. The normalized spacial score (nSPS) is 12.0. The third kappa shape index (κ3) is 5.63. The predicted octanol–water partition coefficient (Wildman–Crippen LogP) is 0.436. The van der Waals surface area contributed by atoms with Gasteiger partial charge in [0, 0.05) is 13.1 Å². The quantitative estimate of drug-likeness (QED) is 0.146. The summed E-state index contributed by atoms with van der Waals surface area (Å²) in [6, 6.07) is 4.30. The van der Waals surface area contributed by atoms with Crippen molar-refractivity contribution in [3.63, 3.8) is 0 Å². The maximum absolute atomic E-state index is 11.5. The Bertz CT molecular complexity index is 683. The molecule has 22 heavy (non-hydrogen) atoms. The number of amidine groups is 1. The molecule has 0 amide bonds. The molecule has 0 heterocycles. The molecule has 1 aromatic carbocycles. The molecule has 0 unspecified atom stereocenters. The molecular weight excluding hydrogens is 328 g/mol. The molecule has 8 nitrogen and oxygen atoms in total. The average molecular weight is 344 g/mol. The minimum absolute atomic E-state index is 0.0828. The number of aliphatic imine (C=N–C) groups is 1. The van der Waals surface area contributed by atoms with Crippen LogP contribution in [0.2, 0.25) is 0 Å². The molecule has 4 N–H and O–H groups in total. The van der Waals surface area contributed by atoms with Crippen molar-refractivity contribution in [3.05, 3.63) is 23.8 Å². The fraction of sp³-hybridized carbons (Fsp3) is 0.333. The van der Waals surface area contributed by atoms with Gasteiger partial charge in [-0.05, 0) is 24.0 Å². The van der Waals surface area contributed by atoms with Gasteiger partial charge < -0.3 is 10.4 Å². The van der Waals surface area contributed by atoms with E-state index < -0.39 is 10.1 Å². The number of thioether (sulfide) groups is 1. The van der Waals surface area contributed by atoms with E-state index >= 15 is 0 Å². The van der Waals surface area contributed by atoms with Crippen LogP contribution in [0.3, 0.4) is 0 Å². The Kier molecular flexibility index (Phi) is 7.30.